The minimum absolute atomic E-state index is 0.0460. The molecule has 0 atom stereocenters. The first kappa shape index (κ1) is 15.1. The van der Waals surface area contributed by atoms with Gasteiger partial charge in [0.1, 0.15) is 6.10 Å². The minimum Gasteiger partial charge on any atom is -0.471 e. The number of ether oxygens (including phenoxy) is 2. The molecule has 0 unspecified atom stereocenters. The SMILES string of the molecule is CC.Cc1ccn(C(/C=C(\N)OC2COC2)=C/N)n1. The van der Waals surface area contributed by atoms with Crippen molar-refractivity contribution in [3.63, 3.8) is 0 Å². The molecule has 1 aromatic heterocycles. The van der Waals surface area contributed by atoms with E-state index in [1.54, 1.807) is 10.8 Å². The third-order valence-electron chi connectivity index (χ3n) is 2.36. The summed E-state index contributed by atoms with van der Waals surface area (Å²) in [4.78, 5) is 0. The molecule has 1 saturated heterocycles. The maximum atomic E-state index is 5.75. The second-order valence-electron chi connectivity index (χ2n) is 3.82. The average molecular weight is 266 g/mol. The second-order valence-corrected chi connectivity index (χ2v) is 3.82. The van der Waals surface area contributed by atoms with Gasteiger partial charge in [-0.1, -0.05) is 13.8 Å². The van der Waals surface area contributed by atoms with Crippen molar-refractivity contribution in [2.75, 3.05) is 13.2 Å². The molecule has 0 spiro atoms. The molecule has 1 aliphatic rings. The molecule has 6 nitrogen and oxygen atoms in total. The molecule has 106 valence electrons. The summed E-state index contributed by atoms with van der Waals surface area (Å²) in [7, 11) is 0. The fourth-order valence-electron chi connectivity index (χ4n) is 1.40. The molecule has 0 aliphatic carbocycles. The van der Waals surface area contributed by atoms with Gasteiger partial charge in [0.15, 0.2) is 5.88 Å². The van der Waals surface area contributed by atoms with Crippen molar-refractivity contribution in [3.8, 4) is 0 Å². The van der Waals surface area contributed by atoms with Crippen LogP contribution < -0.4 is 11.5 Å². The van der Waals surface area contributed by atoms with Gasteiger partial charge in [0.2, 0.25) is 0 Å². The van der Waals surface area contributed by atoms with Crippen LogP contribution in [-0.2, 0) is 9.47 Å². The summed E-state index contributed by atoms with van der Waals surface area (Å²) in [6, 6.07) is 1.88. The summed E-state index contributed by atoms with van der Waals surface area (Å²) in [5.41, 5.74) is 12.9. The van der Waals surface area contributed by atoms with Crippen LogP contribution in [0.15, 0.2) is 30.4 Å². The predicted molar refractivity (Wildman–Crippen MR) is 74.7 cm³/mol. The van der Waals surface area contributed by atoms with E-state index < -0.39 is 0 Å². The summed E-state index contributed by atoms with van der Waals surface area (Å²) in [6.07, 6.45) is 4.93. The van der Waals surface area contributed by atoms with Crippen LogP contribution in [0.3, 0.4) is 0 Å². The summed E-state index contributed by atoms with van der Waals surface area (Å²) in [5, 5.41) is 4.24. The molecule has 1 aliphatic heterocycles. The molecule has 1 aromatic rings. The van der Waals surface area contributed by atoms with Gasteiger partial charge in [-0.25, -0.2) is 4.68 Å². The van der Waals surface area contributed by atoms with Gasteiger partial charge in [-0.3, -0.25) is 0 Å². The lowest BCUT2D eigenvalue weighted by Crippen LogP contribution is -2.36. The molecular weight excluding hydrogens is 244 g/mol. The van der Waals surface area contributed by atoms with Crippen LogP contribution in [0.2, 0.25) is 0 Å². The van der Waals surface area contributed by atoms with Gasteiger partial charge in [0.05, 0.1) is 24.6 Å². The molecule has 6 heteroatoms. The van der Waals surface area contributed by atoms with Crippen molar-refractivity contribution in [2.45, 2.75) is 26.9 Å². The Balaban J connectivity index is 0.000000861. The number of hydrogen-bond donors (Lipinski definition) is 2. The lowest BCUT2D eigenvalue weighted by Gasteiger charge is -2.26. The number of rotatable bonds is 4. The highest BCUT2D eigenvalue weighted by Gasteiger charge is 2.20. The molecule has 0 saturated carbocycles. The lowest BCUT2D eigenvalue weighted by molar-refractivity contribution is -0.108. The standard InChI is InChI=1S/C11H16N4O2.C2H6/c1-8-2-3-15(14-8)9(5-12)4-11(13)17-10-6-16-7-10;1-2/h2-5,10H,6-7,12-13H2,1H3;1-2H3/b9-5+,11-4+;. The highest BCUT2D eigenvalue weighted by atomic mass is 16.6. The van der Waals surface area contributed by atoms with E-state index in [1.165, 1.54) is 6.20 Å². The van der Waals surface area contributed by atoms with Crippen LogP contribution in [-0.4, -0.2) is 29.1 Å². The first-order valence-electron chi connectivity index (χ1n) is 6.35. The van der Waals surface area contributed by atoms with E-state index in [9.17, 15) is 0 Å². The number of aromatic nitrogens is 2. The summed E-state index contributed by atoms with van der Waals surface area (Å²) >= 11 is 0. The van der Waals surface area contributed by atoms with Gasteiger partial charge in [0.25, 0.3) is 0 Å². The van der Waals surface area contributed by atoms with Crippen LogP contribution in [0.1, 0.15) is 19.5 Å². The lowest BCUT2D eigenvalue weighted by atomic mass is 10.3. The molecule has 1 fully saturated rings. The quantitative estimate of drug-likeness (QED) is 0.631. The smallest absolute Gasteiger partial charge is 0.186 e. The predicted octanol–water partition coefficient (Wildman–Crippen LogP) is 1.19. The Morgan fingerprint density at radius 3 is 2.63 bits per heavy atom. The monoisotopic (exact) mass is 266 g/mol. The maximum Gasteiger partial charge on any atom is 0.186 e. The minimum atomic E-state index is 0.0460. The number of allylic oxidation sites excluding steroid dienone is 2. The Morgan fingerprint density at radius 2 is 2.21 bits per heavy atom. The summed E-state index contributed by atoms with van der Waals surface area (Å²) < 4.78 is 12.1. The highest BCUT2D eigenvalue weighted by molar-refractivity contribution is 5.55. The fourth-order valence-corrected chi connectivity index (χ4v) is 1.40. The normalized spacial score (nSPS) is 16.4. The van der Waals surface area contributed by atoms with E-state index in [0.29, 0.717) is 24.8 Å². The van der Waals surface area contributed by atoms with Gasteiger partial charge in [-0.05, 0) is 13.0 Å². The molecule has 2 rings (SSSR count). The first-order chi connectivity index (χ1) is 9.19. The maximum absolute atomic E-state index is 5.75. The van der Waals surface area contributed by atoms with E-state index in [1.807, 2.05) is 33.0 Å². The topological polar surface area (TPSA) is 88.3 Å². The fraction of sp³-hybridized carbons (Fsp3) is 0.462. The van der Waals surface area contributed by atoms with E-state index in [4.69, 9.17) is 20.9 Å². The third-order valence-corrected chi connectivity index (χ3v) is 2.36. The Morgan fingerprint density at radius 1 is 1.53 bits per heavy atom. The van der Waals surface area contributed by atoms with Crippen LogP contribution in [0, 0.1) is 6.92 Å². The van der Waals surface area contributed by atoms with Crippen LogP contribution >= 0.6 is 0 Å². The zero-order valence-corrected chi connectivity index (χ0v) is 11.7. The molecular formula is C13H22N4O2. The zero-order chi connectivity index (χ0) is 14.3. The third kappa shape index (κ3) is 4.33. The van der Waals surface area contributed by atoms with Gasteiger partial charge in [-0.15, -0.1) is 0 Å². The van der Waals surface area contributed by atoms with Crippen molar-refractivity contribution in [1.82, 2.24) is 9.78 Å². The van der Waals surface area contributed by atoms with E-state index >= 15 is 0 Å². The zero-order valence-electron chi connectivity index (χ0n) is 11.7. The van der Waals surface area contributed by atoms with Gasteiger partial charge < -0.3 is 20.9 Å². The largest absolute Gasteiger partial charge is 0.471 e. The van der Waals surface area contributed by atoms with Gasteiger partial charge in [0, 0.05) is 18.5 Å². The number of nitrogens with two attached hydrogens (primary N) is 2. The molecule has 0 bridgehead atoms. The first-order valence-corrected chi connectivity index (χ1v) is 6.35. The number of hydrogen-bond acceptors (Lipinski definition) is 5. The van der Waals surface area contributed by atoms with Crippen molar-refractivity contribution in [1.29, 1.82) is 0 Å². The van der Waals surface area contributed by atoms with Crippen molar-refractivity contribution < 1.29 is 9.47 Å². The molecule has 0 radical (unpaired) electrons. The molecule has 2 heterocycles. The number of nitrogens with zero attached hydrogens (tertiary/aromatic N) is 2. The van der Waals surface area contributed by atoms with Crippen LogP contribution in [0.5, 0.6) is 0 Å². The Labute approximate surface area is 113 Å². The van der Waals surface area contributed by atoms with Gasteiger partial charge in [-0.2, -0.15) is 5.10 Å². The summed E-state index contributed by atoms with van der Waals surface area (Å²) in [6.45, 7) is 7.06. The molecule has 19 heavy (non-hydrogen) atoms. The van der Waals surface area contributed by atoms with E-state index in [2.05, 4.69) is 5.10 Å². The highest BCUT2D eigenvalue weighted by Crippen LogP contribution is 2.11. The van der Waals surface area contributed by atoms with Crippen molar-refractivity contribution >= 4 is 5.70 Å². The van der Waals surface area contributed by atoms with Gasteiger partial charge >= 0.3 is 0 Å². The summed E-state index contributed by atoms with van der Waals surface area (Å²) in [5.74, 6) is 0.308. The Kier molecular flexibility index (Phi) is 5.95. The molecule has 4 N–H and O–H groups in total. The Bertz CT molecular complexity index is 447. The van der Waals surface area contributed by atoms with E-state index in [-0.39, 0.29) is 6.10 Å². The second kappa shape index (κ2) is 7.48. The Hall–Kier alpha value is -1.95. The van der Waals surface area contributed by atoms with Crippen molar-refractivity contribution in [3.05, 3.63) is 36.1 Å². The molecule has 0 amide bonds. The van der Waals surface area contributed by atoms with E-state index in [0.717, 1.165) is 5.69 Å². The average Bonchev–Trinajstić information content (AvgIpc) is 2.80. The van der Waals surface area contributed by atoms with Crippen molar-refractivity contribution in [2.24, 2.45) is 11.5 Å². The number of aryl methyl sites for hydroxylation is 1. The molecule has 0 aromatic carbocycles. The van der Waals surface area contributed by atoms with Crippen LogP contribution in [0.4, 0.5) is 0 Å². The van der Waals surface area contributed by atoms with Crippen LogP contribution in [0.25, 0.3) is 5.70 Å².